The minimum absolute atomic E-state index is 0.0365. The van der Waals surface area contributed by atoms with Crippen molar-refractivity contribution in [2.45, 2.75) is 26.3 Å². The van der Waals surface area contributed by atoms with Crippen LogP contribution in [0.1, 0.15) is 29.2 Å². The Morgan fingerprint density at radius 1 is 1.38 bits per heavy atom. The van der Waals surface area contributed by atoms with Gasteiger partial charge in [-0.2, -0.15) is 0 Å². The number of aryl methyl sites for hydroxylation is 2. The lowest BCUT2D eigenvalue weighted by Crippen LogP contribution is -2.13. The van der Waals surface area contributed by atoms with Crippen molar-refractivity contribution in [2.24, 2.45) is 5.73 Å². The summed E-state index contributed by atoms with van der Waals surface area (Å²) in [5.74, 6) is 0. The first-order valence-electron chi connectivity index (χ1n) is 4.58. The minimum atomic E-state index is -0.0365. The molecule has 0 aliphatic rings. The Morgan fingerprint density at radius 2 is 2.08 bits per heavy atom. The molecule has 72 valence electrons. The number of hydrogen-bond donors (Lipinski definition) is 2. The Balaban J connectivity index is 2.88. The highest BCUT2D eigenvalue weighted by molar-refractivity contribution is 5.32. The molecule has 1 aromatic rings. The van der Waals surface area contributed by atoms with Gasteiger partial charge in [0.1, 0.15) is 0 Å². The van der Waals surface area contributed by atoms with E-state index in [2.05, 4.69) is 26.0 Å². The van der Waals surface area contributed by atoms with Crippen LogP contribution in [-0.4, -0.2) is 11.7 Å². The number of aliphatic hydroxyl groups excluding tert-OH is 1. The van der Waals surface area contributed by atoms with Crippen LogP contribution < -0.4 is 5.73 Å². The second-order valence-corrected chi connectivity index (χ2v) is 3.48. The largest absolute Gasteiger partial charge is 0.396 e. The van der Waals surface area contributed by atoms with Crippen LogP contribution in [0.5, 0.6) is 0 Å². The third kappa shape index (κ3) is 2.54. The summed E-state index contributed by atoms with van der Waals surface area (Å²) < 4.78 is 0. The van der Waals surface area contributed by atoms with Crippen molar-refractivity contribution in [1.82, 2.24) is 0 Å². The van der Waals surface area contributed by atoms with Crippen molar-refractivity contribution >= 4 is 0 Å². The van der Waals surface area contributed by atoms with Crippen molar-refractivity contribution in [3.63, 3.8) is 0 Å². The molecular weight excluding hydrogens is 162 g/mol. The van der Waals surface area contributed by atoms with Crippen molar-refractivity contribution in [3.8, 4) is 0 Å². The van der Waals surface area contributed by atoms with Crippen molar-refractivity contribution in [2.75, 3.05) is 6.61 Å². The van der Waals surface area contributed by atoms with Crippen molar-refractivity contribution < 1.29 is 5.11 Å². The van der Waals surface area contributed by atoms with E-state index in [1.807, 2.05) is 6.07 Å². The predicted molar refractivity (Wildman–Crippen MR) is 54.5 cm³/mol. The fraction of sp³-hybridized carbons (Fsp3) is 0.455. The third-order valence-corrected chi connectivity index (χ3v) is 2.26. The molecule has 3 N–H and O–H groups in total. The molecule has 0 fully saturated rings. The maximum absolute atomic E-state index is 8.76. The van der Waals surface area contributed by atoms with Crippen molar-refractivity contribution in [3.05, 3.63) is 34.9 Å². The molecule has 1 unspecified atom stereocenters. The highest BCUT2D eigenvalue weighted by Crippen LogP contribution is 2.18. The molecule has 2 heteroatoms. The fourth-order valence-electron chi connectivity index (χ4n) is 1.54. The van der Waals surface area contributed by atoms with E-state index in [1.54, 1.807) is 0 Å². The topological polar surface area (TPSA) is 46.2 Å². The average molecular weight is 179 g/mol. The van der Waals surface area contributed by atoms with Gasteiger partial charge in [0.25, 0.3) is 0 Å². The summed E-state index contributed by atoms with van der Waals surface area (Å²) in [4.78, 5) is 0. The van der Waals surface area contributed by atoms with Crippen LogP contribution in [0, 0.1) is 13.8 Å². The normalized spacial score (nSPS) is 12.9. The smallest absolute Gasteiger partial charge is 0.0449 e. The van der Waals surface area contributed by atoms with Gasteiger partial charge in [0.2, 0.25) is 0 Å². The van der Waals surface area contributed by atoms with Gasteiger partial charge >= 0.3 is 0 Å². The molecule has 0 saturated carbocycles. The molecule has 0 spiro atoms. The van der Waals surface area contributed by atoms with Crippen LogP contribution in [0.15, 0.2) is 18.2 Å². The molecule has 0 bridgehead atoms. The van der Waals surface area contributed by atoms with Crippen LogP contribution in [0.25, 0.3) is 0 Å². The molecule has 13 heavy (non-hydrogen) atoms. The summed E-state index contributed by atoms with van der Waals surface area (Å²) in [7, 11) is 0. The van der Waals surface area contributed by atoms with Gasteiger partial charge in [0, 0.05) is 12.6 Å². The molecule has 0 radical (unpaired) electrons. The zero-order valence-electron chi connectivity index (χ0n) is 8.25. The van der Waals surface area contributed by atoms with Gasteiger partial charge in [-0.25, -0.2) is 0 Å². The van der Waals surface area contributed by atoms with E-state index in [4.69, 9.17) is 10.8 Å². The molecule has 0 heterocycles. The Hall–Kier alpha value is -0.860. The zero-order valence-corrected chi connectivity index (χ0v) is 8.25. The Labute approximate surface area is 79.4 Å². The molecule has 1 aromatic carbocycles. The monoisotopic (exact) mass is 179 g/mol. The number of nitrogens with two attached hydrogens (primary N) is 1. The van der Waals surface area contributed by atoms with Gasteiger partial charge in [0.15, 0.2) is 0 Å². The lowest BCUT2D eigenvalue weighted by molar-refractivity contribution is 0.276. The van der Waals surface area contributed by atoms with Gasteiger partial charge in [-0.3, -0.25) is 0 Å². The van der Waals surface area contributed by atoms with E-state index in [-0.39, 0.29) is 12.6 Å². The molecule has 0 aliphatic heterocycles. The third-order valence-electron chi connectivity index (χ3n) is 2.26. The molecule has 0 aliphatic carbocycles. The standard InChI is InChI=1S/C11H17NO/c1-8-3-4-10(9(2)7-8)11(12)5-6-13/h3-4,7,11,13H,5-6,12H2,1-2H3. The van der Waals surface area contributed by atoms with E-state index in [0.717, 1.165) is 5.56 Å². The fourth-order valence-corrected chi connectivity index (χ4v) is 1.54. The van der Waals surface area contributed by atoms with E-state index < -0.39 is 0 Å². The minimum Gasteiger partial charge on any atom is -0.396 e. The van der Waals surface area contributed by atoms with Gasteiger partial charge in [0.05, 0.1) is 0 Å². The molecule has 1 atom stereocenters. The second kappa shape index (κ2) is 4.40. The second-order valence-electron chi connectivity index (χ2n) is 3.48. The maximum atomic E-state index is 8.76. The first kappa shape index (κ1) is 10.2. The Morgan fingerprint density at radius 3 is 2.62 bits per heavy atom. The number of rotatable bonds is 3. The molecule has 0 aromatic heterocycles. The number of hydrogen-bond acceptors (Lipinski definition) is 2. The average Bonchev–Trinajstić information content (AvgIpc) is 2.04. The molecular formula is C11H17NO. The van der Waals surface area contributed by atoms with E-state index in [1.165, 1.54) is 11.1 Å². The summed E-state index contributed by atoms with van der Waals surface area (Å²) in [5.41, 5.74) is 9.49. The zero-order chi connectivity index (χ0) is 9.84. The summed E-state index contributed by atoms with van der Waals surface area (Å²) in [6, 6.07) is 6.18. The summed E-state index contributed by atoms with van der Waals surface area (Å²) in [6.07, 6.45) is 0.629. The molecule has 0 saturated heterocycles. The lowest BCUT2D eigenvalue weighted by Gasteiger charge is -2.13. The van der Waals surface area contributed by atoms with Crippen LogP contribution in [-0.2, 0) is 0 Å². The Bertz CT molecular complexity index is 283. The highest BCUT2D eigenvalue weighted by Gasteiger charge is 2.07. The highest BCUT2D eigenvalue weighted by atomic mass is 16.3. The summed E-state index contributed by atoms with van der Waals surface area (Å²) in [6.45, 7) is 4.27. The van der Waals surface area contributed by atoms with Gasteiger partial charge < -0.3 is 10.8 Å². The van der Waals surface area contributed by atoms with Crippen LogP contribution in [0.2, 0.25) is 0 Å². The molecule has 0 amide bonds. The predicted octanol–water partition coefficient (Wildman–Crippen LogP) is 1.69. The van der Waals surface area contributed by atoms with Crippen LogP contribution >= 0.6 is 0 Å². The van der Waals surface area contributed by atoms with Gasteiger partial charge in [-0.05, 0) is 31.4 Å². The van der Waals surface area contributed by atoms with Crippen LogP contribution in [0.3, 0.4) is 0 Å². The summed E-state index contributed by atoms with van der Waals surface area (Å²) >= 11 is 0. The first-order valence-corrected chi connectivity index (χ1v) is 4.58. The SMILES string of the molecule is Cc1ccc(C(N)CCO)c(C)c1. The van der Waals surface area contributed by atoms with E-state index in [0.29, 0.717) is 6.42 Å². The first-order chi connectivity index (χ1) is 6.15. The maximum Gasteiger partial charge on any atom is 0.0449 e. The molecule has 1 rings (SSSR count). The lowest BCUT2D eigenvalue weighted by atomic mass is 9.98. The number of benzene rings is 1. The number of aliphatic hydroxyl groups is 1. The van der Waals surface area contributed by atoms with E-state index >= 15 is 0 Å². The van der Waals surface area contributed by atoms with Crippen LogP contribution in [0.4, 0.5) is 0 Å². The van der Waals surface area contributed by atoms with Crippen molar-refractivity contribution in [1.29, 1.82) is 0 Å². The quantitative estimate of drug-likeness (QED) is 0.741. The van der Waals surface area contributed by atoms with Gasteiger partial charge in [-0.15, -0.1) is 0 Å². The van der Waals surface area contributed by atoms with E-state index in [9.17, 15) is 0 Å². The van der Waals surface area contributed by atoms with Gasteiger partial charge in [-0.1, -0.05) is 23.8 Å². The Kier molecular flexibility index (Phi) is 3.46. The summed E-state index contributed by atoms with van der Waals surface area (Å²) in [5, 5.41) is 8.76. The molecule has 2 nitrogen and oxygen atoms in total.